The molecule has 8 rings (SSSR count). The minimum absolute atomic E-state index is 0.402. The van der Waals surface area contributed by atoms with E-state index in [0.717, 1.165) is 0 Å². The van der Waals surface area contributed by atoms with E-state index in [9.17, 15) is 0 Å². The smallest absolute Gasteiger partial charge is 0.0714 e. The zero-order valence-corrected chi connectivity index (χ0v) is 20.9. The van der Waals surface area contributed by atoms with Crippen LogP contribution in [-0.2, 0) is 5.41 Å². The van der Waals surface area contributed by atoms with Gasteiger partial charge in [-0.05, 0) is 63.7 Å². The fourth-order valence-electron chi connectivity index (χ4n) is 6.76. The van der Waals surface area contributed by atoms with Crippen LogP contribution in [0.25, 0.3) is 38.6 Å². The van der Waals surface area contributed by atoms with Gasteiger partial charge in [-0.3, -0.25) is 0 Å². The molecule has 1 aliphatic rings. The van der Waals surface area contributed by atoms with Crippen molar-refractivity contribution in [2.75, 3.05) is 0 Å². The summed E-state index contributed by atoms with van der Waals surface area (Å²) in [5, 5.41) is 2.57. The summed E-state index contributed by atoms with van der Waals surface area (Å²) >= 11 is 0. The Balaban J connectivity index is 1.58. The predicted octanol–water partition coefficient (Wildman–Crippen LogP) is 9.15. The third-order valence-corrected chi connectivity index (χ3v) is 8.27. The molecule has 1 heterocycles. The number of rotatable bonds is 3. The molecule has 0 unspecified atom stereocenters. The van der Waals surface area contributed by atoms with Gasteiger partial charge >= 0.3 is 0 Å². The summed E-state index contributed by atoms with van der Waals surface area (Å²) in [6, 6.07) is 55.5. The molecule has 1 heteroatoms. The first-order valence-corrected chi connectivity index (χ1v) is 13.2. The highest BCUT2D eigenvalue weighted by molar-refractivity contribution is 6.12. The molecule has 1 nitrogen and oxygen atoms in total. The summed E-state index contributed by atoms with van der Waals surface area (Å²) in [4.78, 5) is 0. The number of aromatic nitrogens is 1. The van der Waals surface area contributed by atoms with Crippen molar-refractivity contribution in [3.8, 4) is 16.8 Å². The van der Waals surface area contributed by atoms with Gasteiger partial charge in [-0.25, -0.2) is 0 Å². The van der Waals surface area contributed by atoms with Crippen LogP contribution in [0.15, 0.2) is 152 Å². The van der Waals surface area contributed by atoms with Crippen LogP contribution in [-0.4, -0.2) is 4.57 Å². The van der Waals surface area contributed by atoms with Crippen molar-refractivity contribution < 1.29 is 0 Å². The average molecular weight is 484 g/mol. The maximum Gasteiger partial charge on any atom is 0.0714 e. The number of nitrogens with zero attached hydrogens (tertiary/aromatic N) is 1. The van der Waals surface area contributed by atoms with Gasteiger partial charge in [0.1, 0.15) is 0 Å². The van der Waals surface area contributed by atoms with Crippen molar-refractivity contribution >= 4 is 21.8 Å². The van der Waals surface area contributed by atoms with Crippen LogP contribution in [0.2, 0.25) is 0 Å². The Morgan fingerprint density at radius 1 is 0.395 bits per heavy atom. The standard InChI is InChI=1S/C37H25N/c1-4-14-26(15-5-1)37(27-16-6-2-7-17-27)33-22-12-10-20-29(33)31-24-32-30-21-11-13-23-35(30)38(36(32)25-34(31)37)28-18-8-3-9-19-28/h1-25H. The van der Waals surface area contributed by atoms with Gasteiger partial charge in [0.25, 0.3) is 0 Å². The van der Waals surface area contributed by atoms with Gasteiger partial charge in [0.15, 0.2) is 0 Å². The minimum Gasteiger partial charge on any atom is -0.309 e. The molecule has 0 fully saturated rings. The van der Waals surface area contributed by atoms with Gasteiger partial charge in [0, 0.05) is 16.5 Å². The van der Waals surface area contributed by atoms with E-state index in [0.29, 0.717) is 0 Å². The summed E-state index contributed by atoms with van der Waals surface area (Å²) in [5.74, 6) is 0. The fraction of sp³-hybridized carbons (Fsp3) is 0.0270. The normalized spacial score (nSPS) is 13.5. The highest BCUT2D eigenvalue weighted by Crippen LogP contribution is 2.57. The molecule has 6 aromatic carbocycles. The zero-order chi connectivity index (χ0) is 25.1. The molecule has 0 radical (unpaired) electrons. The van der Waals surface area contributed by atoms with E-state index in [2.05, 4.69) is 156 Å². The van der Waals surface area contributed by atoms with Crippen molar-refractivity contribution in [3.05, 3.63) is 174 Å². The molecule has 0 aliphatic heterocycles. The summed E-state index contributed by atoms with van der Waals surface area (Å²) in [7, 11) is 0. The first kappa shape index (κ1) is 21.2. The minimum atomic E-state index is -0.402. The van der Waals surface area contributed by atoms with Gasteiger partial charge in [0.2, 0.25) is 0 Å². The quantitative estimate of drug-likeness (QED) is 0.236. The lowest BCUT2D eigenvalue weighted by atomic mass is 9.67. The molecule has 0 saturated heterocycles. The van der Waals surface area contributed by atoms with Crippen LogP contribution in [0, 0.1) is 0 Å². The second-order valence-corrected chi connectivity index (χ2v) is 10.1. The summed E-state index contributed by atoms with van der Waals surface area (Å²) in [5.41, 5.74) is 11.1. The van der Waals surface area contributed by atoms with Crippen molar-refractivity contribution in [2.45, 2.75) is 5.41 Å². The van der Waals surface area contributed by atoms with Crippen LogP contribution < -0.4 is 0 Å². The summed E-state index contributed by atoms with van der Waals surface area (Å²) < 4.78 is 2.43. The molecule has 7 aromatic rings. The van der Waals surface area contributed by atoms with E-state index in [1.165, 1.54) is 60.9 Å². The fourth-order valence-corrected chi connectivity index (χ4v) is 6.76. The predicted molar refractivity (Wildman–Crippen MR) is 158 cm³/mol. The van der Waals surface area contributed by atoms with Gasteiger partial charge < -0.3 is 4.57 Å². The van der Waals surface area contributed by atoms with E-state index >= 15 is 0 Å². The Hall–Kier alpha value is -4.88. The Morgan fingerprint density at radius 3 is 1.68 bits per heavy atom. The van der Waals surface area contributed by atoms with E-state index in [1.807, 2.05) is 0 Å². The largest absolute Gasteiger partial charge is 0.309 e. The van der Waals surface area contributed by atoms with Crippen LogP contribution in [0.3, 0.4) is 0 Å². The molecule has 0 saturated carbocycles. The molecule has 0 N–H and O–H groups in total. The van der Waals surface area contributed by atoms with E-state index < -0.39 is 5.41 Å². The van der Waals surface area contributed by atoms with Crippen LogP contribution in [0.1, 0.15) is 22.3 Å². The summed E-state index contributed by atoms with van der Waals surface area (Å²) in [6.07, 6.45) is 0. The van der Waals surface area contributed by atoms with Crippen LogP contribution >= 0.6 is 0 Å². The van der Waals surface area contributed by atoms with E-state index in [4.69, 9.17) is 0 Å². The number of hydrogen-bond donors (Lipinski definition) is 0. The molecule has 0 atom stereocenters. The molecule has 38 heavy (non-hydrogen) atoms. The second kappa shape index (κ2) is 8.06. The van der Waals surface area contributed by atoms with Crippen molar-refractivity contribution in [3.63, 3.8) is 0 Å². The second-order valence-electron chi connectivity index (χ2n) is 10.1. The monoisotopic (exact) mass is 483 g/mol. The van der Waals surface area contributed by atoms with Gasteiger partial charge in [-0.2, -0.15) is 0 Å². The average Bonchev–Trinajstić information content (AvgIpc) is 3.48. The van der Waals surface area contributed by atoms with E-state index in [1.54, 1.807) is 0 Å². The topological polar surface area (TPSA) is 4.93 Å². The molecule has 0 bridgehead atoms. The Bertz CT molecular complexity index is 1910. The third kappa shape index (κ3) is 2.76. The molecular formula is C37H25N. The lowest BCUT2D eigenvalue weighted by Gasteiger charge is -2.34. The third-order valence-electron chi connectivity index (χ3n) is 8.27. The van der Waals surface area contributed by atoms with Crippen molar-refractivity contribution in [2.24, 2.45) is 0 Å². The van der Waals surface area contributed by atoms with Gasteiger partial charge in [0.05, 0.1) is 16.4 Å². The molecule has 1 aromatic heterocycles. The van der Waals surface area contributed by atoms with Crippen LogP contribution in [0.5, 0.6) is 0 Å². The molecular weight excluding hydrogens is 458 g/mol. The molecule has 0 amide bonds. The first-order valence-electron chi connectivity index (χ1n) is 13.2. The maximum absolute atomic E-state index is 2.47. The molecule has 0 spiro atoms. The zero-order valence-electron chi connectivity index (χ0n) is 20.9. The SMILES string of the molecule is c1ccc(-n2c3ccccc3c3cc4c(cc32)C(c2ccccc2)(c2ccccc2)c2ccccc2-4)cc1. The number of fused-ring (bicyclic) bond motifs is 6. The Morgan fingerprint density at radius 2 is 0.974 bits per heavy atom. The Kier molecular flexibility index (Phi) is 4.50. The lowest BCUT2D eigenvalue weighted by molar-refractivity contribution is 0.769. The number of hydrogen-bond acceptors (Lipinski definition) is 0. The first-order chi connectivity index (χ1) is 18.9. The number of benzene rings is 6. The lowest BCUT2D eigenvalue weighted by Crippen LogP contribution is -2.28. The van der Waals surface area contributed by atoms with Crippen molar-refractivity contribution in [1.29, 1.82) is 0 Å². The van der Waals surface area contributed by atoms with Gasteiger partial charge in [-0.15, -0.1) is 0 Å². The summed E-state index contributed by atoms with van der Waals surface area (Å²) in [6.45, 7) is 0. The molecule has 1 aliphatic carbocycles. The highest BCUT2D eigenvalue weighted by Gasteiger charge is 2.46. The Labute approximate surface area is 222 Å². The van der Waals surface area contributed by atoms with E-state index in [-0.39, 0.29) is 0 Å². The van der Waals surface area contributed by atoms with Crippen molar-refractivity contribution in [1.82, 2.24) is 4.57 Å². The van der Waals surface area contributed by atoms with Crippen LogP contribution in [0.4, 0.5) is 0 Å². The number of para-hydroxylation sites is 2. The highest BCUT2D eigenvalue weighted by atomic mass is 15.0. The molecule has 178 valence electrons. The van der Waals surface area contributed by atoms with Gasteiger partial charge in [-0.1, -0.05) is 121 Å². The maximum atomic E-state index is 2.47.